The van der Waals surface area contributed by atoms with Gasteiger partial charge in [0.1, 0.15) is 5.82 Å². The molecule has 10 aromatic rings. The molecular formula is C78H88Cl2F7N11O5S5. The number of halogens is 9. The van der Waals surface area contributed by atoms with E-state index in [9.17, 15) is 51.8 Å². The second kappa shape index (κ2) is 32.4. The second-order valence-corrected chi connectivity index (χ2v) is 41.3. The van der Waals surface area contributed by atoms with Gasteiger partial charge in [-0.05, 0) is 175 Å². The summed E-state index contributed by atoms with van der Waals surface area (Å²) in [5, 5.41) is 14.6. The first-order chi connectivity index (χ1) is 50.6. The maximum absolute atomic E-state index is 13.7. The fraction of sp³-hybridized carbons (Fsp3) is 0.333. The molecule has 578 valence electrons. The van der Waals surface area contributed by atoms with Crippen molar-refractivity contribution >= 4 is 172 Å². The van der Waals surface area contributed by atoms with E-state index in [4.69, 9.17) is 28.5 Å². The Morgan fingerprint density at radius 2 is 0.824 bits per heavy atom. The lowest BCUT2D eigenvalue weighted by Crippen LogP contribution is -2.36. The van der Waals surface area contributed by atoms with Gasteiger partial charge < -0.3 is 24.9 Å². The van der Waals surface area contributed by atoms with Crippen LogP contribution < -0.4 is 0 Å². The van der Waals surface area contributed by atoms with Gasteiger partial charge >= 0.3 is 12.4 Å². The molecule has 0 amide bonds. The van der Waals surface area contributed by atoms with Crippen LogP contribution in [0.2, 0.25) is 10.0 Å². The van der Waals surface area contributed by atoms with Crippen LogP contribution >= 0.6 is 23.2 Å². The Labute approximate surface area is 637 Å². The van der Waals surface area contributed by atoms with E-state index in [2.05, 4.69) is 78.7 Å². The molecule has 0 spiro atoms. The molecule has 15 rings (SSSR count). The zero-order valence-electron chi connectivity index (χ0n) is 60.6. The molecule has 30 heteroatoms. The monoisotopic (exact) mass is 1620 g/mol. The number of alkyl halides is 6. The molecule has 108 heavy (non-hydrogen) atoms. The molecule has 5 N–H and O–H groups in total. The molecular weight excluding hydrogens is 1540 g/mol. The molecule has 5 aromatic heterocycles. The number of benzene rings is 5. The molecule has 16 nitrogen and oxygen atoms in total. The number of aromatic nitrogens is 5. The number of piperidine rings is 2. The Morgan fingerprint density at radius 3 is 1.25 bits per heavy atom. The Balaban J connectivity index is 0.000000134. The summed E-state index contributed by atoms with van der Waals surface area (Å²) in [7, 11) is -10.8. The third kappa shape index (κ3) is 19.3. The maximum atomic E-state index is 13.7. The standard InChI is InChI=1S/C16H19F3N2OS.C16H17F3N2OS.C16H17N3OS.C15H16ClFN2OS.C15H19ClN2OS/c2*1-23(2,22)21-7-5-11(6-8-21)14-10-20-15-9-12(16(17,18)19)3-4-13(14)15;1-21(2,20)19-7-5-13(6-8-19)15-11-18-16-4-3-12(10-17)9-14(15)16;1-21(2,20)19-5-3-10(4-6-19)12-9-18-15-8-13(16)14(17)7-11(12)15;1-20(2,19)18-8-6-11(7-9-18)13-10-17-15-12(13)4-3-5-14(15)16/h3-4,9-11,20H,1,5-8H2,2H3;3-5,9-10,20H,1,6-8H2,2H3;3-5,9,11,18H,1,6-8H2,2H3;3,7-9,18H,1,4-6H2,2H3;3-5,10-11,17H,1,6-9H2,2H3. The average molecular weight is 1620 g/mol. The van der Waals surface area contributed by atoms with Gasteiger partial charge in [0.2, 0.25) is 0 Å². The second-order valence-electron chi connectivity index (χ2n) is 28.3. The number of aromatic amines is 5. The molecule has 0 aliphatic carbocycles. The Hall–Kier alpha value is -7.50. The SMILES string of the molecule is C=S(C)(=O)N1CC=C(c2c[nH]c3cc(C(F)(F)F)ccc23)CC1.C=S(C)(=O)N1CC=C(c2c[nH]c3cc(Cl)c(F)cc23)CC1.C=S(C)(=O)N1CC=C(c2c[nH]c3ccc(C#N)cc23)CC1.C=S(C)(=O)N1CCC(c2c[nH]c3c(Cl)cccc23)CC1.C=S(C)(=O)N1CCC(c2c[nH]c3cc(C(F)(F)F)ccc23)CC1. The number of nitrogens with one attached hydrogen (secondary N) is 5. The smallest absolute Gasteiger partial charge is 0.361 e. The van der Waals surface area contributed by atoms with E-state index in [0.29, 0.717) is 74.7 Å². The number of hydrogen-bond donors (Lipinski definition) is 5. The molecule has 5 aromatic carbocycles. The lowest BCUT2D eigenvalue weighted by molar-refractivity contribution is -0.138. The Kier molecular flexibility index (Phi) is 24.5. The highest BCUT2D eigenvalue weighted by molar-refractivity contribution is 7.98. The van der Waals surface area contributed by atoms with Gasteiger partial charge in [-0.2, -0.15) is 31.6 Å². The summed E-state index contributed by atoms with van der Waals surface area (Å²) >= 11 is 12.0. The molecule has 2 fully saturated rings. The van der Waals surface area contributed by atoms with Gasteiger partial charge in [0, 0.05) is 242 Å². The zero-order valence-corrected chi connectivity index (χ0v) is 66.2. The highest BCUT2D eigenvalue weighted by Crippen LogP contribution is 2.41. The molecule has 5 aliphatic heterocycles. The van der Waals surface area contributed by atoms with Crippen LogP contribution in [0.3, 0.4) is 0 Å². The van der Waals surface area contributed by atoms with E-state index >= 15 is 0 Å². The van der Waals surface area contributed by atoms with E-state index in [1.807, 2.05) is 76.4 Å². The first-order valence-corrected chi connectivity index (χ1v) is 45.9. The van der Waals surface area contributed by atoms with Crippen LogP contribution in [0.15, 0.2) is 134 Å². The van der Waals surface area contributed by atoms with Gasteiger partial charge in [-0.25, -0.2) is 25.9 Å². The van der Waals surface area contributed by atoms with E-state index < -0.39 is 77.8 Å². The van der Waals surface area contributed by atoms with Crippen molar-refractivity contribution in [1.29, 1.82) is 5.26 Å². The number of nitriles is 1. The third-order valence-corrected chi connectivity index (χ3v) is 28.1. The molecule has 5 atom stereocenters. The quantitative estimate of drug-likeness (QED) is 0.0665. The first-order valence-electron chi connectivity index (χ1n) is 34.7. The van der Waals surface area contributed by atoms with Crippen LogP contribution in [0.1, 0.15) is 101 Å². The van der Waals surface area contributed by atoms with Gasteiger partial charge in [-0.1, -0.05) is 65.7 Å². The van der Waals surface area contributed by atoms with Crippen molar-refractivity contribution in [1.82, 2.24) is 46.4 Å². The fourth-order valence-corrected chi connectivity index (χ4v) is 19.4. The molecule has 5 unspecified atom stereocenters. The van der Waals surface area contributed by atoms with Crippen molar-refractivity contribution in [2.45, 2.75) is 69.1 Å². The minimum atomic E-state index is -4.35. The normalized spacial score (nSPS) is 20.0. The molecule has 5 aliphatic rings. The highest BCUT2D eigenvalue weighted by atomic mass is 35.5. The van der Waals surface area contributed by atoms with E-state index in [1.165, 1.54) is 28.7 Å². The predicted octanol–water partition coefficient (Wildman–Crippen LogP) is 16.1. The summed E-state index contributed by atoms with van der Waals surface area (Å²) in [6.07, 6.45) is 21.2. The van der Waals surface area contributed by atoms with Crippen molar-refractivity contribution in [2.24, 2.45) is 0 Å². The lowest BCUT2D eigenvalue weighted by atomic mass is 9.90. The van der Waals surface area contributed by atoms with E-state index in [1.54, 1.807) is 55.8 Å². The summed E-state index contributed by atoms with van der Waals surface area (Å²) in [6.45, 7) is 6.90. The van der Waals surface area contributed by atoms with Gasteiger partial charge in [0.15, 0.2) is 0 Å². The fourth-order valence-electron chi connectivity index (χ4n) is 14.4. The topological polar surface area (TPSA) is 204 Å². The average Bonchev–Trinajstić information content (AvgIpc) is 1.61. The number of hydrogen-bond acceptors (Lipinski definition) is 6. The lowest BCUT2D eigenvalue weighted by Gasteiger charge is -2.32. The molecule has 0 saturated carbocycles. The first kappa shape index (κ1) is 81.5. The van der Waals surface area contributed by atoms with Gasteiger partial charge in [0.25, 0.3) is 0 Å². The molecule has 10 heterocycles. The Morgan fingerprint density at radius 1 is 0.435 bits per heavy atom. The number of fused-ring (bicyclic) bond motifs is 5. The van der Waals surface area contributed by atoms with Crippen LogP contribution in [0, 0.1) is 17.1 Å². The minimum Gasteiger partial charge on any atom is -0.361 e. The summed E-state index contributed by atoms with van der Waals surface area (Å²) in [4.78, 5) is 15.5. The summed E-state index contributed by atoms with van der Waals surface area (Å²) in [6, 6.07) is 24.5. The summed E-state index contributed by atoms with van der Waals surface area (Å²) < 4.78 is 160. The van der Waals surface area contributed by atoms with Crippen molar-refractivity contribution in [3.63, 3.8) is 0 Å². The zero-order chi connectivity index (χ0) is 78.2. The third-order valence-electron chi connectivity index (χ3n) is 20.4. The van der Waals surface area contributed by atoms with Crippen LogP contribution in [0.5, 0.6) is 0 Å². The maximum Gasteiger partial charge on any atom is 0.416 e. The van der Waals surface area contributed by atoms with Gasteiger partial charge in [0.05, 0.1) is 38.3 Å². The highest BCUT2D eigenvalue weighted by Gasteiger charge is 2.34. The predicted molar refractivity (Wildman–Crippen MR) is 442 cm³/mol. The number of para-hydroxylation sites is 1. The molecule has 0 bridgehead atoms. The van der Waals surface area contributed by atoms with E-state index in [-0.39, 0.29) is 10.9 Å². The Bertz CT molecular complexity index is 5780. The minimum absolute atomic E-state index is 0.113. The van der Waals surface area contributed by atoms with Crippen LogP contribution in [0.4, 0.5) is 30.7 Å². The van der Waals surface area contributed by atoms with Crippen molar-refractivity contribution in [2.75, 3.05) is 96.7 Å². The van der Waals surface area contributed by atoms with E-state index in [0.717, 1.165) is 159 Å². The molecule has 0 radical (unpaired) electrons. The number of nitrogens with zero attached hydrogens (tertiary/aromatic N) is 6. The van der Waals surface area contributed by atoms with Gasteiger partial charge in [-0.3, -0.25) is 21.0 Å². The molecule has 2 saturated heterocycles. The van der Waals surface area contributed by atoms with Crippen molar-refractivity contribution < 1.29 is 51.8 Å². The van der Waals surface area contributed by atoms with Crippen LogP contribution in [-0.2, 0) is 60.9 Å². The summed E-state index contributed by atoms with van der Waals surface area (Å²) in [5.41, 5.74) is 12.0. The summed E-state index contributed by atoms with van der Waals surface area (Å²) in [5.74, 6) is 18.9. The van der Waals surface area contributed by atoms with Crippen LogP contribution in [-0.4, -0.2) is 194 Å². The van der Waals surface area contributed by atoms with Gasteiger partial charge in [-0.15, -0.1) is 0 Å². The largest absolute Gasteiger partial charge is 0.416 e. The van der Waals surface area contributed by atoms with Crippen LogP contribution in [0.25, 0.3) is 71.2 Å². The number of H-pyrrole nitrogens is 5. The van der Waals surface area contributed by atoms with Crippen molar-refractivity contribution in [3.8, 4) is 6.07 Å². The number of rotatable bonds is 10. The van der Waals surface area contributed by atoms with Crippen molar-refractivity contribution in [3.05, 3.63) is 195 Å².